The van der Waals surface area contributed by atoms with Crippen LogP contribution >= 0.6 is 0 Å². The van der Waals surface area contributed by atoms with E-state index in [1.165, 1.54) is 14.0 Å². The maximum atomic E-state index is 12.0. The van der Waals surface area contributed by atoms with Crippen LogP contribution < -0.4 is 5.32 Å². The van der Waals surface area contributed by atoms with Crippen LogP contribution in [-0.2, 0) is 23.9 Å². The number of halogens is 3. The molecule has 120 valence electrons. The van der Waals surface area contributed by atoms with Crippen LogP contribution in [-0.4, -0.2) is 49.5 Å². The minimum absolute atomic E-state index is 0.386. The molecule has 21 heavy (non-hydrogen) atoms. The van der Waals surface area contributed by atoms with Crippen LogP contribution in [0.2, 0.25) is 0 Å². The van der Waals surface area contributed by atoms with Gasteiger partial charge in [-0.25, -0.2) is 4.79 Å². The molecule has 0 aromatic heterocycles. The average molecular weight is 312 g/mol. The van der Waals surface area contributed by atoms with E-state index in [0.29, 0.717) is 6.21 Å². The van der Waals surface area contributed by atoms with Gasteiger partial charge in [0.05, 0.1) is 6.21 Å². The summed E-state index contributed by atoms with van der Waals surface area (Å²) < 4.78 is 43.9. The van der Waals surface area contributed by atoms with E-state index in [-0.39, 0.29) is 6.42 Å². The van der Waals surface area contributed by atoms with E-state index in [4.69, 9.17) is 5.41 Å². The highest BCUT2D eigenvalue weighted by Crippen LogP contribution is 2.18. The first kappa shape index (κ1) is 19.0. The number of alkyl halides is 3. The van der Waals surface area contributed by atoms with Gasteiger partial charge in [-0.2, -0.15) is 0 Å². The van der Waals surface area contributed by atoms with Gasteiger partial charge in [-0.05, 0) is 13.3 Å². The number of carbonyl (C=O) groups is 3. The van der Waals surface area contributed by atoms with E-state index in [9.17, 15) is 27.6 Å². The number of ketones is 1. The topological polar surface area (TPSA) is 106 Å². The fourth-order valence-electron chi connectivity index (χ4n) is 1.19. The first-order valence-electron chi connectivity index (χ1n) is 5.76. The zero-order valence-corrected chi connectivity index (χ0v) is 11.3. The Bertz CT molecular complexity index is 411. The molecule has 0 saturated heterocycles. The molecule has 0 aromatic rings. The summed E-state index contributed by atoms with van der Waals surface area (Å²) in [4.78, 5) is 33.8. The number of rotatable bonds is 8. The van der Waals surface area contributed by atoms with E-state index < -0.39 is 42.6 Å². The van der Waals surface area contributed by atoms with Gasteiger partial charge in [0.15, 0.2) is 5.78 Å². The third-order valence-corrected chi connectivity index (χ3v) is 2.38. The van der Waals surface area contributed by atoms with Crippen molar-refractivity contribution in [2.45, 2.75) is 38.3 Å². The molecule has 2 atom stereocenters. The molecule has 0 saturated carbocycles. The van der Waals surface area contributed by atoms with Crippen LogP contribution in [0.15, 0.2) is 0 Å². The number of Topliss-reactive ketones (excluding diaryl/α,β-unsaturated/α-hetero) is 1. The molecule has 0 rings (SSSR count). The van der Waals surface area contributed by atoms with E-state index >= 15 is 0 Å². The lowest BCUT2D eigenvalue weighted by molar-refractivity contribution is -0.306. The van der Waals surface area contributed by atoms with Crippen LogP contribution in [0.3, 0.4) is 0 Å². The molecular weight excluding hydrogens is 297 g/mol. The molecule has 7 nitrogen and oxygen atoms in total. The highest BCUT2D eigenvalue weighted by Gasteiger charge is 2.37. The van der Waals surface area contributed by atoms with Gasteiger partial charge in [0.2, 0.25) is 5.91 Å². The minimum atomic E-state index is -5.20. The molecule has 0 fully saturated rings. The summed E-state index contributed by atoms with van der Waals surface area (Å²) in [6.45, 7) is 1.32. The summed E-state index contributed by atoms with van der Waals surface area (Å²) >= 11 is 0. The van der Waals surface area contributed by atoms with E-state index in [1.54, 1.807) is 0 Å². The Morgan fingerprint density at radius 2 is 1.90 bits per heavy atom. The van der Waals surface area contributed by atoms with Crippen LogP contribution in [0.4, 0.5) is 13.2 Å². The van der Waals surface area contributed by atoms with Gasteiger partial charge in [0, 0.05) is 13.5 Å². The second-order valence-electron chi connectivity index (χ2n) is 3.96. The maximum absolute atomic E-state index is 12.0. The first-order valence-corrected chi connectivity index (χ1v) is 5.76. The van der Waals surface area contributed by atoms with Gasteiger partial charge in [-0.1, -0.05) is 0 Å². The number of methoxy groups -OCH3 is 1. The van der Waals surface area contributed by atoms with Gasteiger partial charge < -0.3 is 20.2 Å². The summed E-state index contributed by atoms with van der Waals surface area (Å²) in [6, 6.07) is -1.67. The fraction of sp³-hybridized carbons (Fsp3) is 0.636. The molecule has 0 bridgehead atoms. The van der Waals surface area contributed by atoms with Gasteiger partial charge >= 0.3 is 12.3 Å². The van der Waals surface area contributed by atoms with Crippen molar-refractivity contribution >= 4 is 23.9 Å². The van der Waals surface area contributed by atoms with Crippen molar-refractivity contribution in [3.63, 3.8) is 0 Å². The van der Waals surface area contributed by atoms with Crippen molar-refractivity contribution in [2.24, 2.45) is 0 Å². The van der Waals surface area contributed by atoms with Crippen LogP contribution in [0.5, 0.6) is 0 Å². The van der Waals surface area contributed by atoms with Crippen LogP contribution in [0.1, 0.15) is 19.8 Å². The Morgan fingerprint density at radius 3 is 2.33 bits per heavy atom. The van der Waals surface area contributed by atoms with Gasteiger partial charge in [0.1, 0.15) is 12.1 Å². The smallest absolute Gasteiger partial charge is 0.372 e. The molecule has 0 aliphatic heterocycles. The summed E-state index contributed by atoms with van der Waals surface area (Å²) in [7, 11) is 1.20. The summed E-state index contributed by atoms with van der Waals surface area (Å²) in [5.74, 6) is -3.27. The number of nitrogens with one attached hydrogen (secondary N) is 2. The lowest BCUT2D eigenvalue weighted by Crippen LogP contribution is -2.47. The highest BCUT2D eigenvalue weighted by atomic mass is 19.4. The molecule has 0 heterocycles. The molecule has 0 spiro atoms. The van der Waals surface area contributed by atoms with Gasteiger partial charge in [-0.15, -0.1) is 13.2 Å². The third-order valence-electron chi connectivity index (χ3n) is 2.38. The molecule has 0 radical (unpaired) electrons. The lowest BCUT2D eigenvalue weighted by atomic mass is 10.1. The Labute approximate surface area is 118 Å². The summed E-state index contributed by atoms with van der Waals surface area (Å²) in [5, 5.41) is 8.67. The maximum Gasteiger partial charge on any atom is 0.575 e. The summed E-state index contributed by atoms with van der Waals surface area (Å²) in [5.41, 5.74) is 0. The van der Waals surface area contributed by atoms with E-state index in [0.717, 1.165) is 0 Å². The SMILES string of the molecule is CO[C@@H](C)C(=O)N[C@@H](CCC(=O)C=N)C(=O)OC(F)(F)F. The number of ether oxygens (including phenoxy) is 2. The van der Waals surface area contributed by atoms with Crippen molar-refractivity contribution in [1.82, 2.24) is 5.32 Å². The molecule has 0 aliphatic carbocycles. The Morgan fingerprint density at radius 1 is 1.33 bits per heavy atom. The van der Waals surface area contributed by atoms with Crippen molar-refractivity contribution < 1.29 is 37.0 Å². The fourth-order valence-corrected chi connectivity index (χ4v) is 1.19. The highest BCUT2D eigenvalue weighted by molar-refractivity contribution is 6.26. The number of amides is 1. The second kappa shape index (κ2) is 8.35. The molecule has 2 N–H and O–H groups in total. The van der Waals surface area contributed by atoms with Crippen molar-refractivity contribution in [3.05, 3.63) is 0 Å². The van der Waals surface area contributed by atoms with Crippen molar-refractivity contribution in [1.29, 1.82) is 5.41 Å². The monoisotopic (exact) mass is 312 g/mol. The van der Waals surface area contributed by atoms with E-state index in [1.807, 2.05) is 5.32 Å². The Kier molecular flexibility index (Phi) is 7.56. The zero-order chi connectivity index (χ0) is 16.6. The standard InChI is InChI=1S/C11H15F3N2O5/c1-6(20-2)9(18)16-8(4-3-7(17)5-15)10(19)21-11(12,13)14/h5-6,8,15H,3-4H2,1-2H3,(H,16,18)/t6-,8-/m0/s1. The predicted molar refractivity (Wildman–Crippen MR) is 63.6 cm³/mol. The Hall–Kier alpha value is -1.97. The molecule has 10 heteroatoms. The number of esters is 1. The molecule has 0 unspecified atom stereocenters. The van der Waals surface area contributed by atoms with Crippen LogP contribution in [0, 0.1) is 5.41 Å². The largest absolute Gasteiger partial charge is 0.575 e. The molecule has 0 aromatic carbocycles. The van der Waals surface area contributed by atoms with Gasteiger partial charge in [0.25, 0.3) is 0 Å². The molecule has 0 aliphatic rings. The predicted octanol–water partition coefficient (Wildman–Crippen LogP) is 0.568. The van der Waals surface area contributed by atoms with Crippen molar-refractivity contribution in [3.8, 4) is 0 Å². The number of carbonyl (C=O) groups excluding carboxylic acids is 3. The summed E-state index contributed by atoms with van der Waals surface area (Å²) in [6.07, 6.45) is -6.54. The average Bonchev–Trinajstić information content (AvgIpc) is 2.39. The molecule has 1 amide bonds. The number of hydrogen-bond donors (Lipinski definition) is 2. The molecular formula is C11H15F3N2O5. The zero-order valence-electron chi connectivity index (χ0n) is 11.3. The van der Waals surface area contributed by atoms with Crippen molar-refractivity contribution in [2.75, 3.05) is 7.11 Å². The first-order chi connectivity index (χ1) is 9.60. The minimum Gasteiger partial charge on any atom is -0.372 e. The van der Waals surface area contributed by atoms with E-state index in [2.05, 4.69) is 9.47 Å². The van der Waals surface area contributed by atoms with Gasteiger partial charge in [-0.3, -0.25) is 9.59 Å². The second-order valence-corrected chi connectivity index (χ2v) is 3.96. The Balaban J connectivity index is 4.83. The quantitative estimate of drug-likeness (QED) is 0.503. The third kappa shape index (κ3) is 8.02. The normalized spacial score (nSPS) is 14.0. The lowest BCUT2D eigenvalue weighted by Gasteiger charge is -2.19. The number of hydrogen-bond acceptors (Lipinski definition) is 6. The van der Waals surface area contributed by atoms with Crippen LogP contribution in [0.25, 0.3) is 0 Å².